The van der Waals surface area contributed by atoms with Crippen molar-refractivity contribution in [3.8, 4) is 0 Å². The second-order valence-corrected chi connectivity index (χ2v) is 10.2. The Morgan fingerprint density at radius 3 is 1.56 bits per heavy atom. The number of benzene rings is 2. The summed E-state index contributed by atoms with van der Waals surface area (Å²) in [6, 6.07) is 13.9. The Balaban J connectivity index is 0.000000382. The normalized spacial score (nSPS) is 10.6. The van der Waals surface area contributed by atoms with Gasteiger partial charge in [0.1, 0.15) is 0 Å². The van der Waals surface area contributed by atoms with E-state index in [1.54, 1.807) is 36.4 Å². The van der Waals surface area contributed by atoms with Gasteiger partial charge in [-0.15, -0.1) is 0 Å². The monoisotopic (exact) mass is 446 g/mol. The van der Waals surface area contributed by atoms with E-state index in [2.05, 4.69) is 15.4 Å². The standard InChI is InChI=1S/C7H8ClNO2S.C6H6ClN.CH3ClO2S/c1-12(10,11)9-7-5-3-2-4-6(7)8;7-5-3-1-2-4-6(5)8;1-5(2,3)4/h2-5,9H,1H3;1-4H,8H2;1H3. The Morgan fingerprint density at radius 1 is 0.840 bits per heavy atom. The maximum absolute atomic E-state index is 10.8. The van der Waals surface area contributed by atoms with Crippen LogP contribution in [0.15, 0.2) is 48.5 Å². The Hall–Kier alpha value is -1.19. The third-order valence-corrected chi connectivity index (χ3v) is 3.34. The van der Waals surface area contributed by atoms with Gasteiger partial charge in [-0.2, -0.15) is 0 Å². The van der Waals surface area contributed by atoms with Gasteiger partial charge in [0.15, 0.2) is 0 Å². The van der Waals surface area contributed by atoms with Crippen molar-refractivity contribution in [3.05, 3.63) is 58.6 Å². The summed E-state index contributed by atoms with van der Waals surface area (Å²) in [5.41, 5.74) is 6.43. The van der Waals surface area contributed by atoms with Crippen LogP contribution in [0.5, 0.6) is 0 Å². The summed E-state index contributed by atoms with van der Waals surface area (Å²) < 4.78 is 42.7. The molecule has 0 aliphatic heterocycles. The fourth-order valence-electron chi connectivity index (χ4n) is 1.22. The predicted molar refractivity (Wildman–Crippen MR) is 106 cm³/mol. The van der Waals surface area contributed by atoms with Gasteiger partial charge >= 0.3 is 0 Å². The van der Waals surface area contributed by atoms with Gasteiger partial charge in [-0.25, -0.2) is 16.8 Å². The Morgan fingerprint density at radius 2 is 1.24 bits per heavy atom. The molecular formula is C14H17Cl3N2O4S2. The van der Waals surface area contributed by atoms with E-state index in [1.165, 1.54) is 0 Å². The van der Waals surface area contributed by atoms with Crippen LogP contribution in [0.4, 0.5) is 11.4 Å². The molecule has 0 heterocycles. The Bertz CT molecular complexity index is 859. The molecule has 0 fully saturated rings. The first-order valence-electron chi connectivity index (χ1n) is 6.41. The van der Waals surface area contributed by atoms with E-state index in [4.69, 9.17) is 28.9 Å². The largest absolute Gasteiger partial charge is 0.398 e. The SMILES string of the molecule is CS(=O)(=O)Cl.CS(=O)(=O)Nc1ccccc1Cl.Nc1ccccc1Cl. The van der Waals surface area contributed by atoms with E-state index in [0.29, 0.717) is 21.4 Å². The van der Waals surface area contributed by atoms with E-state index < -0.39 is 19.1 Å². The van der Waals surface area contributed by atoms with E-state index in [0.717, 1.165) is 12.5 Å². The molecule has 0 spiro atoms. The first-order chi connectivity index (χ1) is 11.3. The molecule has 0 bridgehead atoms. The number of anilines is 2. The van der Waals surface area contributed by atoms with Gasteiger partial charge in [0.05, 0.1) is 33.9 Å². The van der Waals surface area contributed by atoms with Gasteiger partial charge in [0, 0.05) is 10.7 Å². The molecule has 0 aromatic heterocycles. The lowest BCUT2D eigenvalue weighted by Crippen LogP contribution is -2.09. The maximum atomic E-state index is 10.8. The topological polar surface area (TPSA) is 106 Å². The minimum atomic E-state index is -3.23. The number of halogens is 3. The lowest BCUT2D eigenvalue weighted by atomic mass is 10.3. The number of nitrogens with one attached hydrogen (secondary N) is 1. The first-order valence-corrected chi connectivity index (χ1v) is 11.8. The summed E-state index contributed by atoms with van der Waals surface area (Å²) in [7, 11) is -1.93. The highest BCUT2D eigenvalue weighted by molar-refractivity contribution is 8.13. The molecule has 25 heavy (non-hydrogen) atoms. The van der Waals surface area contributed by atoms with Crippen LogP contribution in [0.2, 0.25) is 10.0 Å². The second kappa shape index (κ2) is 10.7. The number of nitrogen functional groups attached to an aromatic ring is 1. The fourth-order valence-corrected chi connectivity index (χ4v) is 2.17. The molecule has 0 unspecified atom stereocenters. The summed E-state index contributed by atoms with van der Waals surface area (Å²) >= 11 is 11.3. The zero-order valence-corrected chi connectivity index (χ0v) is 17.2. The van der Waals surface area contributed by atoms with Gasteiger partial charge in [-0.1, -0.05) is 47.5 Å². The maximum Gasteiger partial charge on any atom is 0.229 e. The minimum absolute atomic E-state index is 0.392. The van der Waals surface area contributed by atoms with Crippen LogP contribution in [0, 0.1) is 0 Å². The van der Waals surface area contributed by atoms with Crippen molar-refractivity contribution >= 4 is 64.3 Å². The summed E-state index contributed by atoms with van der Waals surface area (Å²) in [6.45, 7) is 0. The summed E-state index contributed by atoms with van der Waals surface area (Å²) in [6.07, 6.45) is 2.00. The Kier molecular flexibility index (Phi) is 10.2. The van der Waals surface area contributed by atoms with Crippen LogP contribution in [-0.4, -0.2) is 29.3 Å². The van der Waals surface area contributed by atoms with Crippen molar-refractivity contribution in [3.63, 3.8) is 0 Å². The average molecular weight is 448 g/mol. The molecule has 140 valence electrons. The highest BCUT2D eigenvalue weighted by atomic mass is 35.7. The molecule has 0 radical (unpaired) electrons. The first kappa shape index (κ1) is 23.8. The van der Waals surface area contributed by atoms with Crippen molar-refractivity contribution in [1.29, 1.82) is 0 Å². The smallest absolute Gasteiger partial charge is 0.229 e. The number of para-hydroxylation sites is 2. The number of sulfonamides is 1. The van der Waals surface area contributed by atoms with Gasteiger partial charge in [-0.05, 0) is 24.3 Å². The summed E-state index contributed by atoms with van der Waals surface area (Å²) in [5, 5.41) is 1.01. The molecule has 0 saturated heterocycles. The van der Waals surface area contributed by atoms with Gasteiger partial charge < -0.3 is 5.73 Å². The predicted octanol–water partition coefficient (Wildman–Crippen LogP) is 3.82. The van der Waals surface area contributed by atoms with Crippen molar-refractivity contribution in [1.82, 2.24) is 0 Å². The van der Waals surface area contributed by atoms with E-state index in [9.17, 15) is 16.8 Å². The number of hydrogen-bond acceptors (Lipinski definition) is 5. The molecule has 0 aliphatic rings. The highest BCUT2D eigenvalue weighted by Gasteiger charge is 2.03. The van der Waals surface area contributed by atoms with Gasteiger partial charge in [0.2, 0.25) is 19.1 Å². The lowest BCUT2D eigenvalue weighted by molar-refractivity contribution is 0.606. The van der Waals surface area contributed by atoms with E-state index in [-0.39, 0.29) is 0 Å². The van der Waals surface area contributed by atoms with Crippen LogP contribution in [0.25, 0.3) is 0 Å². The number of hydrogen-bond donors (Lipinski definition) is 2. The van der Waals surface area contributed by atoms with Crippen LogP contribution in [-0.2, 0) is 19.1 Å². The Labute approximate surface area is 162 Å². The van der Waals surface area contributed by atoms with Crippen molar-refractivity contribution < 1.29 is 16.8 Å². The molecule has 6 nitrogen and oxygen atoms in total. The van der Waals surface area contributed by atoms with Crippen LogP contribution >= 0.6 is 33.9 Å². The average Bonchev–Trinajstić information content (AvgIpc) is 2.42. The van der Waals surface area contributed by atoms with Crippen molar-refractivity contribution in [2.24, 2.45) is 0 Å². The zero-order valence-electron chi connectivity index (χ0n) is 13.3. The summed E-state index contributed by atoms with van der Waals surface area (Å²) in [4.78, 5) is 0. The van der Waals surface area contributed by atoms with Gasteiger partial charge in [0.25, 0.3) is 0 Å². The van der Waals surface area contributed by atoms with Gasteiger partial charge in [-0.3, -0.25) is 4.72 Å². The molecule has 2 aromatic carbocycles. The van der Waals surface area contributed by atoms with Crippen LogP contribution < -0.4 is 10.5 Å². The fraction of sp³-hybridized carbons (Fsp3) is 0.143. The molecule has 0 amide bonds. The third kappa shape index (κ3) is 14.8. The van der Waals surface area contributed by atoms with Crippen LogP contribution in [0.3, 0.4) is 0 Å². The van der Waals surface area contributed by atoms with Crippen molar-refractivity contribution in [2.75, 3.05) is 23.0 Å². The molecular weight excluding hydrogens is 431 g/mol. The highest BCUT2D eigenvalue weighted by Crippen LogP contribution is 2.20. The van der Waals surface area contributed by atoms with E-state index >= 15 is 0 Å². The quantitative estimate of drug-likeness (QED) is 0.537. The van der Waals surface area contributed by atoms with E-state index in [1.807, 2.05) is 12.1 Å². The molecule has 11 heteroatoms. The summed E-state index contributed by atoms with van der Waals surface area (Å²) in [5.74, 6) is 0. The minimum Gasteiger partial charge on any atom is -0.398 e. The van der Waals surface area contributed by atoms with Crippen molar-refractivity contribution in [2.45, 2.75) is 0 Å². The second-order valence-electron chi connectivity index (χ2n) is 4.56. The third-order valence-electron chi connectivity index (χ3n) is 2.07. The molecule has 2 aromatic rings. The van der Waals surface area contributed by atoms with Crippen LogP contribution in [0.1, 0.15) is 0 Å². The zero-order chi connectivity index (χ0) is 19.7. The molecule has 0 atom stereocenters. The molecule has 3 N–H and O–H groups in total. The lowest BCUT2D eigenvalue weighted by Gasteiger charge is -2.04. The number of rotatable bonds is 2. The molecule has 0 aliphatic carbocycles. The molecule has 0 saturated carbocycles. The number of nitrogens with two attached hydrogens (primary N) is 1. The molecule has 2 rings (SSSR count).